The van der Waals surface area contributed by atoms with E-state index in [1.807, 2.05) is 18.2 Å². The zero-order valence-corrected chi connectivity index (χ0v) is 15.7. The van der Waals surface area contributed by atoms with E-state index in [4.69, 9.17) is 0 Å². The quantitative estimate of drug-likeness (QED) is 0.649. The first-order valence-electron chi connectivity index (χ1n) is 8.96. The summed E-state index contributed by atoms with van der Waals surface area (Å²) in [4.78, 5) is 13.5. The Hall–Kier alpha value is -2.95. The third-order valence-corrected chi connectivity index (χ3v) is 4.42. The van der Waals surface area contributed by atoms with Gasteiger partial charge in [-0.2, -0.15) is 4.98 Å². The third kappa shape index (κ3) is 4.17. The van der Waals surface area contributed by atoms with E-state index in [0.29, 0.717) is 12.0 Å². The highest BCUT2D eigenvalue weighted by Gasteiger charge is 2.10. The molecule has 5 heteroatoms. The van der Waals surface area contributed by atoms with E-state index in [1.165, 1.54) is 11.1 Å². The third-order valence-electron chi connectivity index (χ3n) is 4.42. The lowest BCUT2D eigenvalue weighted by Crippen LogP contribution is -2.16. The lowest BCUT2D eigenvalue weighted by atomic mass is 10.1. The smallest absolute Gasteiger partial charge is 0.225 e. The molecule has 0 radical (unpaired) electrons. The van der Waals surface area contributed by atoms with Crippen LogP contribution in [0.4, 0.5) is 17.5 Å². The van der Waals surface area contributed by atoms with E-state index in [2.05, 4.69) is 71.5 Å². The van der Waals surface area contributed by atoms with Gasteiger partial charge in [0.15, 0.2) is 0 Å². The molecule has 2 N–H and O–H groups in total. The Morgan fingerprint density at radius 2 is 1.69 bits per heavy atom. The Bertz CT molecular complexity index is 857. The molecule has 0 spiro atoms. The van der Waals surface area contributed by atoms with Gasteiger partial charge in [0.05, 0.1) is 5.69 Å². The molecular formula is C21H25N5. The molecule has 2 heterocycles. The van der Waals surface area contributed by atoms with Crippen molar-refractivity contribution < 1.29 is 0 Å². The van der Waals surface area contributed by atoms with E-state index in [9.17, 15) is 0 Å². The second-order valence-corrected chi connectivity index (χ2v) is 6.54. The number of hydrogen-bond acceptors (Lipinski definition) is 5. The number of rotatable bonds is 6. The maximum absolute atomic E-state index is 4.69. The maximum atomic E-state index is 4.69. The molecule has 0 aliphatic rings. The zero-order valence-electron chi connectivity index (χ0n) is 15.7. The molecule has 0 aliphatic heterocycles. The number of hydrogen-bond donors (Lipinski definition) is 2. The molecule has 5 nitrogen and oxygen atoms in total. The number of nitrogens with one attached hydrogen (secondary N) is 2. The summed E-state index contributed by atoms with van der Waals surface area (Å²) in [5.41, 5.74) is 5.33. The minimum absolute atomic E-state index is 0.302. The summed E-state index contributed by atoms with van der Waals surface area (Å²) in [6, 6.07) is 12.4. The Kier molecular flexibility index (Phi) is 5.46. The molecule has 1 atom stereocenters. The summed E-state index contributed by atoms with van der Waals surface area (Å²) in [5, 5.41) is 6.85. The molecular weight excluding hydrogens is 322 g/mol. The molecule has 0 aliphatic carbocycles. The van der Waals surface area contributed by atoms with Gasteiger partial charge in [-0.3, -0.25) is 4.98 Å². The highest BCUT2D eigenvalue weighted by Crippen LogP contribution is 2.27. The Morgan fingerprint density at radius 1 is 1.00 bits per heavy atom. The van der Waals surface area contributed by atoms with E-state index >= 15 is 0 Å². The first-order chi connectivity index (χ1) is 12.6. The van der Waals surface area contributed by atoms with Crippen LogP contribution in [0.15, 0.2) is 48.8 Å². The van der Waals surface area contributed by atoms with Crippen molar-refractivity contribution in [2.24, 2.45) is 0 Å². The molecule has 0 bridgehead atoms. The highest BCUT2D eigenvalue weighted by molar-refractivity contribution is 5.69. The number of nitrogens with zero attached hydrogens (tertiary/aromatic N) is 3. The van der Waals surface area contributed by atoms with Crippen molar-refractivity contribution in [1.82, 2.24) is 15.0 Å². The van der Waals surface area contributed by atoms with E-state index in [-0.39, 0.29) is 0 Å². The fourth-order valence-electron chi connectivity index (χ4n) is 2.71. The van der Waals surface area contributed by atoms with Gasteiger partial charge >= 0.3 is 0 Å². The van der Waals surface area contributed by atoms with Crippen LogP contribution in [0.2, 0.25) is 0 Å². The molecule has 3 rings (SSSR count). The number of anilines is 3. The van der Waals surface area contributed by atoms with Gasteiger partial charge in [-0.05, 0) is 50.5 Å². The van der Waals surface area contributed by atoms with E-state index < -0.39 is 0 Å². The van der Waals surface area contributed by atoms with Crippen molar-refractivity contribution in [2.75, 3.05) is 10.6 Å². The number of pyridine rings is 1. The van der Waals surface area contributed by atoms with Crippen molar-refractivity contribution >= 4 is 17.5 Å². The van der Waals surface area contributed by atoms with E-state index in [1.54, 1.807) is 12.4 Å². The van der Waals surface area contributed by atoms with Gasteiger partial charge in [-0.25, -0.2) is 4.98 Å². The van der Waals surface area contributed by atoms with Gasteiger partial charge in [-0.1, -0.05) is 25.1 Å². The lowest BCUT2D eigenvalue weighted by Gasteiger charge is -2.16. The van der Waals surface area contributed by atoms with Crippen LogP contribution >= 0.6 is 0 Å². The fourth-order valence-corrected chi connectivity index (χ4v) is 2.71. The first kappa shape index (κ1) is 17.9. The van der Waals surface area contributed by atoms with Crippen LogP contribution in [0.1, 0.15) is 31.4 Å². The summed E-state index contributed by atoms with van der Waals surface area (Å²) < 4.78 is 0. The molecule has 134 valence electrons. The standard InChI is InChI=1S/C21H25N5/c1-5-16(4)23-21-24-18(17-9-11-22-12-10-17)13-19(26-21)25-20-14(2)7-6-8-15(20)3/h6-13,16H,5H2,1-4H3,(H2,23,24,25,26)/t16-/m1/s1. The van der Waals surface area contributed by atoms with Crippen LogP contribution < -0.4 is 10.6 Å². The van der Waals surface area contributed by atoms with Crippen molar-refractivity contribution in [3.63, 3.8) is 0 Å². The SMILES string of the molecule is CC[C@@H](C)Nc1nc(Nc2c(C)cccc2C)cc(-c2ccncc2)n1. The van der Waals surface area contributed by atoms with Gasteiger partial charge in [0.25, 0.3) is 0 Å². The minimum atomic E-state index is 0.302. The summed E-state index contributed by atoms with van der Waals surface area (Å²) in [5.74, 6) is 1.40. The van der Waals surface area contributed by atoms with Gasteiger partial charge in [0.1, 0.15) is 5.82 Å². The number of aromatic nitrogens is 3. The fraction of sp³-hybridized carbons (Fsp3) is 0.286. The van der Waals surface area contributed by atoms with Crippen molar-refractivity contribution in [3.05, 3.63) is 59.9 Å². The number of benzene rings is 1. The molecule has 0 saturated heterocycles. The largest absolute Gasteiger partial charge is 0.352 e. The van der Waals surface area contributed by atoms with Crippen LogP contribution in [0.25, 0.3) is 11.3 Å². The molecule has 0 amide bonds. The van der Waals surface area contributed by atoms with Gasteiger partial charge in [0.2, 0.25) is 5.95 Å². The predicted molar refractivity (Wildman–Crippen MR) is 108 cm³/mol. The van der Waals surface area contributed by atoms with Gasteiger partial charge < -0.3 is 10.6 Å². The summed E-state index contributed by atoms with van der Waals surface area (Å²) in [7, 11) is 0. The molecule has 0 fully saturated rings. The number of aryl methyl sites for hydroxylation is 2. The highest BCUT2D eigenvalue weighted by atomic mass is 15.2. The molecule has 26 heavy (non-hydrogen) atoms. The molecule has 1 aromatic carbocycles. The Balaban J connectivity index is 2.02. The topological polar surface area (TPSA) is 62.7 Å². The maximum Gasteiger partial charge on any atom is 0.225 e. The minimum Gasteiger partial charge on any atom is -0.352 e. The summed E-state index contributed by atoms with van der Waals surface area (Å²) in [6.07, 6.45) is 4.55. The number of para-hydroxylation sites is 1. The monoisotopic (exact) mass is 347 g/mol. The second kappa shape index (κ2) is 7.95. The van der Waals surface area contributed by atoms with Crippen LogP contribution in [0, 0.1) is 13.8 Å². The van der Waals surface area contributed by atoms with Crippen LogP contribution in [0.3, 0.4) is 0 Å². The molecule has 0 unspecified atom stereocenters. The molecule has 2 aromatic heterocycles. The average Bonchev–Trinajstić information content (AvgIpc) is 2.65. The van der Waals surface area contributed by atoms with Crippen LogP contribution in [-0.2, 0) is 0 Å². The van der Waals surface area contributed by atoms with Gasteiger partial charge in [-0.15, -0.1) is 0 Å². The van der Waals surface area contributed by atoms with Crippen molar-refractivity contribution in [1.29, 1.82) is 0 Å². The zero-order chi connectivity index (χ0) is 18.5. The van der Waals surface area contributed by atoms with Crippen molar-refractivity contribution in [3.8, 4) is 11.3 Å². The predicted octanol–water partition coefficient (Wildman–Crippen LogP) is 5.11. The summed E-state index contributed by atoms with van der Waals surface area (Å²) >= 11 is 0. The normalized spacial score (nSPS) is 11.8. The van der Waals surface area contributed by atoms with Gasteiger partial charge in [0, 0.05) is 35.8 Å². The Labute approximate surface area is 154 Å². The molecule has 3 aromatic rings. The van der Waals surface area contributed by atoms with Crippen molar-refractivity contribution in [2.45, 2.75) is 40.2 Å². The average molecular weight is 347 g/mol. The first-order valence-corrected chi connectivity index (χ1v) is 8.96. The lowest BCUT2D eigenvalue weighted by molar-refractivity contribution is 0.753. The second-order valence-electron chi connectivity index (χ2n) is 6.54. The van der Waals surface area contributed by atoms with Crippen LogP contribution in [0.5, 0.6) is 0 Å². The van der Waals surface area contributed by atoms with Crippen LogP contribution in [-0.4, -0.2) is 21.0 Å². The van der Waals surface area contributed by atoms with E-state index in [0.717, 1.165) is 29.2 Å². The Morgan fingerprint density at radius 3 is 2.35 bits per heavy atom. The molecule has 0 saturated carbocycles. The summed E-state index contributed by atoms with van der Waals surface area (Å²) in [6.45, 7) is 8.46.